The van der Waals surface area contributed by atoms with Crippen molar-refractivity contribution in [2.75, 3.05) is 16.8 Å². The van der Waals surface area contributed by atoms with Crippen molar-refractivity contribution in [3.05, 3.63) is 103 Å². The van der Waals surface area contributed by atoms with Crippen molar-refractivity contribution in [3.63, 3.8) is 0 Å². The van der Waals surface area contributed by atoms with Gasteiger partial charge in [0, 0.05) is 17.4 Å². The minimum absolute atomic E-state index is 0.0184. The van der Waals surface area contributed by atoms with Crippen LogP contribution in [0.1, 0.15) is 0 Å². The van der Waals surface area contributed by atoms with Gasteiger partial charge in [0.05, 0.1) is 43.6 Å². The van der Waals surface area contributed by atoms with Crippen molar-refractivity contribution >= 4 is 99.5 Å². The van der Waals surface area contributed by atoms with E-state index in [-0.39, 0.29) is 39.3 Å². The van der Waals surface area contributed by atoms with E-state index in [1.807, 2.05) is 0 Å². The molecule has 0 aliphatic carbocycles. The molecule has 0 aliphatic rings. The quantitative estimate of drug-likeness (QED) is 0.0328. The van der Waals surface area contributed by atoms with Gasteiger partial charge in [0.25, 0.3) is 10.1 Å². The highest BCUT2D eigenvalue weighted by molar-refractivity contribution is 8.19. The first-order chi connectivity index (χ1) is 26.8. The number of rotatable bonds is 11. The number of aromatic hydroxyl groups is 2. The molecule has 23 heteroatoms. The van der Waals surface area contributed by atoms with E-state index in [9.17, 15) is 50.5 Å². The molecule has 0 amide bonds. The smallest absolute Gasteiger partial charge is 0.296 e. The molecule has 0 unspecified atom stereocenters. The van der Waals surface area contributed by atoms with Crippen molar-refractivity contribution in [2.24, 2.45) is 30.7 Å². The topological polar surface area (TPSA) is 354 Å². The number of hydrogen-bond donors (Lipinski definition) is 12. The third-order valence-corrected chi connectivity index (χ3v) is 10.5. The summed E-state index contributed by atoms with van der Waals surface area (Å²) in [6.07, 6.45) is 0. The van der Waals surface area contributed by atoms with Crippen LogP contribution in [0.4, 0.5) is 56.9 Å². The standard InChI is InChI=1S/C34H31N9O11S3/c35-19-6-12-24(26(44)16-19)41-38-22-9-7-20(8-10-22)37-25-13-11-23(17-27(25)55(46,47)48)40-42-32-28(56(49,50)51)14-18-15-29(57(52,53)54)33(34(45)30(18)31(32)36)43-39-21-4-2-1-3-5-21/h1-17,37,44-51H,35-36H2,(H,52,53,54). The van der Waals surface area contributed by atoms with Gasteiger partial charge < -0.3 is 54.3 Å². The minimum Gasteiger partial charge on any atom is -0.506 e. The van der Waals surface area contributed by atoms with Gasteiger partial charge in [-0.3, -0.25) is 4.55 Å². The van der Waals surface area contributed by atoms with Gasteiger partial charge in [-0.2, -0.15) is 23.8 Å². The molecule has 20 nitrogen and oxygen atoms in total. The van der Waals surface area contributed by atoms with Crippen LogP contribution in [-0.4, -0.2) is 50.5 Å². The van der Waals surface area contributed by atoms with E-state index >= 15 is 0 Å². The van der Waals surface area contributed by atoms with Crippen LogP contribution in [0.2, 0.25) is 0 Å². The van der Waals surface area contributed by atoms with Crippen molar-refractivity contribution < 1.29 is 50.5 Å². The number of phenolic OH excluding ortho intramolecular Hbond substituents is 2. The van der Waals surface area contributed by atoms with Crippen LogP contribution in [0.5, 0.6) is 11.5 Å². The number of nitrogen functional groups attached to an aromatic ring is 2. The Morgan fingerprint density at radius 1 is 0.544 bits per heavy atom. The van der Waals surface area contributed by atoms with Gasteiger partial charge in [0.1, 0.15) is 49.4 Å². The second kappa shape index (κ2) is 15.7. The average Bonchev–Trinajstić information content (AvgIpc) is 3.13. The van der Waals surface area contributed by atoms with Crippen molar-refractivity contribution in [3.8, 4) is 11.5 Å². The first kappa shape index (κ1) is 40.4. The number of nitrogens with zero attached hydrogens (tertiary/aromatic N) is 6. The molecule has 0 aliphatic heterocycles. The maximum Gasteiger partial charge on any atom is 0.296 e. The fourth-order valence-corrected chi connectivity index (χ4v) is 7.28. The summed E-state index contributed by atoms with van der Waals surface area (Å²) in [5.41, 5.74) is 11.5. The maximum absolute atomic E-state index is 12.3. The minimum atomic E-state index is -5.09. The second-order valence-electron chi connectivity index (χ2n) is 11.9. The number of hydrogen-bond acceptors (Lipinski definition) is 19. The zero-order chi connectivity index (χ0) is 41.3. The van der Waals surface area contributed by atoms with Gasteiger partial charge in [-0.25, -0.2) is 0 Å². The average molecular weight is 838 g/mol. The monoisotopic (exact) mass is 837 g/mol. The first-order valence-corrected chi connectivity index (χ1v) is 20.3. The van der Waals surface area contributed by atoms with Crippen LogP contribution in [0.3, 0.4) is 0 Å². The number of azo groups is 3. The normalized spacial score (nSPS) is 13.2. The van der Waals surface area contributed by atoms with Crippen LogP contribution >= 0.6 is 21.7 Å². The summed E-state index contributed by atoms with van der Waals surface area (Å²) >= 11 is 0. The van der Waals surface area contributed by atoms with Gasteiger partial charge in [0.15, 0.2) is 5.75 Å². The molecule has 296 valence electrons. The fourth-order valence-electron chi connectivity index (χ4n) is 5.23. The Morgan fingerprint density at radius 2 is 1.12 bits per heavy atom. The molecule has 0 heterocycles. The second-order valence-corrected chi connectivity index (χ2v) is 16.2. The van der Waals surface area contributed by atoms with E-state index < -0.39 is 69.4 Å². The Hall–Kier alpha value is -6.25. The summed E-state index contributed by atoms with van der Waals surface area (Å²) in [5.74, 6) is -1.08. The molecule has 0 fully saturated rings. The fraction of sp³-hybridized carbons (Fsp3) is 0. The zero-order valence-corrected chi connectivity index (χ0v) is 31.2. The van der Waals surface area contributed by atoms with Gasteiger partial charge in [-0.1, -0.05) is 18.2 Å². The molecule has 0 radical (unpaired) electrons. The lowest BCUT2D eigenvalue weighted by atomic mass is 10.1. The Balaban J connectivity index is 1.36. The van der Waals surface area contributed by atoms with Crippen molar-refractivity contribution in [2.45, 2.75) is 14.7 Å². The predicted molar refractivity (Wildman–Crippen MR) is 215 cm³/mol. The SMILES string of the molecule is Nc1ccc(N=Nc2ccc(Nc3ccc(N=Nc4c(S(O)(O)O)cc5cc(S(=O)(=O)O)c(N=Nc6ccccc6)c(O)c5c4N)cc3S(O)(O)O)cc2)c(O)c1. The molecule has 0 atom stereocenters. The molecule has 14 N–H and O–H groups in total. The molecule has 0 saturated heterocycles. The zero-order valence-electron chi connectivity index (χ0n) is 28.7. The van der Waals surface area contributed by atoms with E-state index in [0.717, 1.165) is 18.2 Å². The summed E-state index contributed by atoms with van der Waals surface area (Å²) in [6, 6.07) is 23.9. The van der Waals surface area contributed by atoms with Crippen LogP contribution in [0.15, 0.2) is 149 Å². The lowest BCUT2D eigenvalue weighted by Gasteiger charge is -2.24. The largest absolute Gasteiger partial charge is 0.506 e. The first-order valence-electron chi connectivity index (χ1n) is 15.8. The van der Waals surface area contributed by atoms with E-state index in [4.69, 9.17) is 11.5 Å². The summed E-state index contributed by atoms with van der Waals surface area (Å²) in [6.45, 7) is 0. The van der Waals surface area contributed by atoms with E-state index in [2.05, 4.69) is 36.0 Å². The molecular weight excluding hydrogens is 807 g/mol. The Morgan fingerprint density at radius 3 is 1.75 bits per heavy atom. The van der Waals surface area contributed by atoms with Crippen LogP contribution in [-0.2, 0) is 10.1 Å². The lowest BCUT2D eigenvalue weighted by molar-refractivity contribution is 0.374. The Kier molecular flexibility index (Phi) is 11.1. The number of nitrogens with one attached hydrogen (secondary N) is 1. The molecule has 0 spiro atoms. The summed E-state index contributed by atoms with van der Waals surface area (Å²) in [7, 11) is -14.2. The van der Waals surface area contributed by atoms with Crippen molar-refractivity contribution in [1.29, 1.82) is 0 Å². The predicted octanol–water partition coefficient (Wildman–Crippen LogP) is 10.8. The number of phenols is 2. The molecule has 57 heavy (non-hydrogen) atoms. The van der Waals surface area contributed by atoms with Gasteiger partial charge in [0.2, 0.25) is 0 Å². The number of fused-ring (bicyclic) bond motifs is 1. The third kappa shape index (κ3) is 9.25. The van der Waals surface area contributed by atoms with Gasteiger partial charge >= 0.3 is 0 Å². The van der Waals surface area contributed by atoms with Crippen LogP contribution < -0.4 is 16.8 Å². The van der Waals surface area contributed by atoms with Gasteiger partial charge in [-0.05, 0) is 84.2 Å². The highest BCUT2D eigenvalue weighted by Gasteiger charge is 2.29. The van der Waals surface area contributed by atoms with E-state index in [0.29, 0.717) is 17.1 Å². The summed E-state index contributed by atoms with van der Waals surface area (Å²) in [5, 5.41) is 47.2. The van der Waals surface area contributed by atoms with E-state index in [1.165, 1.54) is 36.4 Å². The maximum atomic E-state index is 12.3. The molecule has 6 rings (SSSR count). The van der Waals surface area contributed by atoms with Crippen LogP contribution in [0.25, 0.3) is 10.8 Å². The highest BCUT2D eigenvalue weighted by atomic mass is 32.3. The molecular formula is C34H31N9O11S3. The lowest BCUT2D eigenvalue weighted by Crippen LogP contribution is -2.02. The van der Waals surface area contributed by atoms with E-state index in [1.54, 1.807) is 48.5 Å². The summed E-state index contributed by atoms with van der Waals surface area (Å²) < 4.78 is 96.4. The highest BCUT2D eigenvalue weighted by Crippen LogP contribution is 2.56. The molecule has 0 bridgehead atoms. The number of benzene rings is 6. The Labute approximate surface area is 325 Å². The molecule has 6 aromatic carbocycles. The number of anilines is 4. The molecule has 0 aromatic heterocycles. The summed E-state index contributed by atoms with van der Waals surface area (Å²) in [4.78, 5) is -2.14. The van der Waals surface area contributed by atoms with Crippen LogP contribution in [0, 0.1) is 0 Å². The van der Waals surface area contributed by atoms with Gasteiger partial charge in [-0.15, -0.1) is 15.3 Å². The molecule has 6 aromatic rings. The molecule has 0 saturated carbocycles. The number of nitrogens with two attached hydrogens (primary N) is 2. The Bertz CT molecular complexity index is 2710. The third-order valence-electron chi connectivity index (χ3n) is 7.85. The van der Waals surface area contributed by atoms with Crippen molar-refractivity contribution in [1.82, 2.24) is 0 Å².